The first kappa shape index (κ1) is 23.1. The summed E-state index contributed by atoms with van der Waals surface area (Å²) in [5, 5.41) is 5.69. The lowest BCUT2D eigenvalue weighted by molar-refractivity contribution is 0.0465. The molecule has 3 fully saturated rings. The molecule has 0 radical (unpaired) electrons. The van der Waals surface area contributed by atoms with Crippen molar-refractivity contribution in [3.05, 3.63) is 23.4 Å². The predicted octanol–water partition coefficient (Wildman–Crippen LogP) is 4.75. The zero-order valence-corrected chi connectivity index (χ0v) is 20.6. The van der Waals surface area contributed by atoms with Crippen LogP contribution in [0.4, 0.5) is 0 Å². The number of piperidine rings is 1. The molecule has 0 amide bonds. The Kier molecular flexibility index (Phi) is 7.53. The van der Waals surface area contributed by atoms with E-state index in [9.17, 15) is 0 Å². The second kappa shape index (κ2) is 10.7. The van der Waals surface area contributed by atoms with E-state index in [2.05, 4.69) is 41.2 Å². The quantitative estimate of drug-likeness (QED) is 0.515. The number of aryl methyl sites for hydroxylation is 1. The van der Waals surface area contributed by atoms with Crippen LogP contribution in [0.25, 0.3) is 11.0 Å². The van der Waals surface area contributed by atoms with Crippen LogP contribution < -0.4 is 4.74 Å². The molecule has 2 saturated heterocycles. The van der Waals surface area contributed by atoms with Crippen molar-refractivity contribution in [1.29, 1.82) is 0 Å². The van der Waals surface area contributed by atoms with Crippen LogP contribution in [-0.4, -0.2) is 68.5 Å². The average molecular weight is 456 g/mol. The molecule has 5 rings (SSSR count). The zero-order chi connectivity index (χ0) is 22.6. The van der Waals surface area contributed by atoms with Crippen LogP contribution in [0.15, 0.2) is 16.7 Å². The number of ether oxygens (including phenoxy) is 2. The van der Waals surface area contributed by atoms with Gasteiger partial charge in [0.2, 0.25) is 0 Å². The van der Waals surface area contributed by atoms with E-state index in [0.29, 0.717) is 0 Å². The minimum absolute atomic E-state index is 0.737. The summed E-state index contributed by atoms with van der Waals surface area (Å²) in [6.45, 7) is 7.29. The number of hydrogen-bond acceptors (Lipinski definition) is 6. The summed E-state index contributed by atoms with van der Waals surface area (Å²) in [7, 11) is 4.18. The summed E-state index contributed by atoms with van der Waals surface area (Å²) in [4.78, 5) is 4.86. The summed E-state index contributed by atoms with van der Waals surface area (Å²) in [6, 6.07) is 4.30. The molecule has 3 heterocycles. The van der Waals surface area contributed by atoms with Crippen molar-refractivity contribution >= 4 is 11.0 Å². The standard InChI is InChI=1S/C27H41N3O3/c1-29(2)18-24-26(32-19-22-3-4-22)8-6-23-25(28-33-27(23)24)7-5-20-9-13-30(14-10-20)17-21-11-15-31-16-12-21/h6,8,20-22H,3-5,7,9-19H2,1-2H3. The highest BCUT2D eigenvalue weighted by atomic mass is 16.5. The molecule has 6 heteroatoms. The van der Waals surface area contributed by atoms with Gasteiger partial charge in [0.05, 0.1) is 17.9 Å². The molecule has 33 heavy (non-hydrogen) atoms. The maximum Gasteiger partial charge on any atom is 0.175 e. The van der Waals surface area contributed by atoms with Gasteiger partial charge in [0.1, 0.15) is 5.75 Å². The Morgan fingerprint density at radius 1 is 1.00 bits per heavy atom. The van der Waals surface area contributed by atoms with Gasteiger partial charge in [-0.15, -0.1) is 0 Å². The van der Waals surface area contributed by atoms with E-state index in [1.54, 1.807) is 0 Å². The lowest BCUT2D eigenvalue weighted by atomic mass is 9.90. The van der Waals surface area contributed by atoms with Crippen molar-refractivity contribution in [1.82, 2.24) is 15.0 Å². The van der Waals surface area contributed by atoms with Crippen molar-refractivity contribution in [2.24, 2.45) is 17.8 Å². The number of benzene rings is 1. The summed E-state index contributed by atoms with van der Waals surface area (Å²) in [5.74, 6) is 3.33. The van der Waals surface area contributed by atoms with Crippen LogP contribution in [0.2, 0.25) is 0 Å². The smallest absolute Gasteiger partial charge is 0.175 e. The van der Waals surface area contributed by atoms with Crippen LogP contribution in [0.1, 0.15) is 56.2 Å². The van der Waals surface area contributed by atoms with E-state index < -0.39 is 0 Å². The Hall–Kier alpha value is -1.63. The molecule has 2 aliphatic heterocycles. The Labute approximate surface area is 198 Å². The first-order chi connectivity index (χ1) is 16.2. The highest BCUT2D eigenvalue weighted by Crippen LogP contribution is 2.35. The molecular weight excluding hydrogens is 414 g/mol. The van der Waals surface area contributed by atoms with E-state index in [0.717, 1.165) is 73.1 Å². The molecule has 0 spiro atoms. The van der Waals surface area contributed by atoms with Crippen LogP contribution in [0.5, 0.6) is 5.75 Å². The van der Waals surface area contributed by atoms with Gasteiger partial charge in [-0.1, -0.05) is 5.16 Å². The molecule has 1 aromatic heterocycles. The fourth-order valence-corrected chi connectivity index (χ4v) is 5.46. The second-order valence-corrected chi connectivity index (χ2v) is 10.9. The molecule has 0 bridgehead atoms. The maximum absolute atomic E-state index is 6.17. The summed E-state index contributed by atoms with van der Waals surface area (Å²) < 4.78 is 17.6. The molecule has 182 valence electrons. The first-order valence-corrected chi connectivity index (χ1v) is 13.1. The predicted molar refractivity (Wildman–Crippen MR) is 131 cm³/mol. The SMILES string of the molecule is CN(C)Cc1c(OCC2CC2)ccc2c(CCC3CCN(CC4CCOCC4)CC3)noc12. The number of nitrogens with zero attached hydrogens (tertiary/aromatic N) is 3. The fraction of sp³-hybridized carbons (Fsp3) is 0.741. The first-order valence-electron chi connectivity index (χ1n) is 13.1. The van der Waals surface area contributed by atoms with Gasteiger partial charge in [0.25, 0.3) is 0 Å². The highest BCUT2D eigenvalue weighted by Gasteiger charge is 2.25. The highest BCUT2D eigenvalue weighted by molar-refractivity contribution is 5.84. The lowest BCUT2D eigenvalue weighted by Crippen LogP contribution is -2.38. The van der Waals surface area contributed by atoms with Crippen molar-refractivity contribution in [3.8, 4) is 5.75 Å². The maximum atomic E-state index is 6.17. The molecule has 2 aromatic rings. The Bertz CT molecular complexity index is 893. The van der Waals surface area contributed by atoms with E-state index >= 15 is 0 Å². The molecule has 0 atom stereocenters. The van der Waals surface area contributed by atoms with E-state index in [-0.39, 0.29) is 0 Å². The minimum Gasteiger partial charge on any atom is -0.493 e. The van der Waals surface area contributed by atoms with E-state index in [1.165, 1.54) is 70.0 Å². The largest absolute Gasteiger partial charge is 0.493 e. The average Bonchev–Trinajstić information content (AvgIpc) is 3.56. The van der Waals surface area contributed by atoms with Gasteiger partial charge in [-0.2, -0.15) is 0 Å². The molecular formula is C27H41N3O3. The number of rotatable bonds is 10. The zero-order valence-electron chi connectivity index (χ0n) is 20.6. The number of aromatic nitrogens is 1. The third-order valence-electron chi connectivity index (χ3n) is 7.78. The third-order valence-corrected chi connectivity index (χ3v) is 7.78. The summed E-state index contributed by atoms with van der Waals surface area (Å²) >= 11 is 0. The topological polar surface area (TPSA) is 51.0 Å². The molecule has 1 saturated carbocycles. The van der Waals surface area contributed by atoms with Crippen molar-refractivity contribution in [2.45, 2.75) is 57.9 Å². The Balaban J connectivity index is 1.17. The molecule has 0 unspecified atom stereocenters. The van der Waals surface area contributed by atoms with Crippen LogP contribution in [-0.2, 0) is 17.7 Å². The lowest BCUT2D eigenvalue weighted by Gasteiger charge is -2.35. The van der Waals surface area contributed by atoms with Gasteiger partial charge >= 0.3 is 0 Å². The van der Waals surface area contributed by atoms with Gasteiger partial charge in [-0.25, -0.2) is 0 Å². The molecule has 0 N–H and O–H groups in total. The van der Waals surface area contributed by atoms with Gasteiger partial charge < -0.3 is 23.8 Å². The van der Waals surface area contributed by atoms with Gasteiger partial charge in [-0.3, -0.25) is 0 Å². The summed E-state index contributed by atoms with van der Waals surface area (Å²) in [6.07, 6.45) is 9.90. The fourth-order valence-electron chi connectivity index (χ4n) is 5.46. The van der Waals surface area contributed by atoms with Crippen LogP contribution >= 0.6 is 0 Å². The van der Waals surface area contributed by atoms with Crippen LogP contribution in [0, 0.1) is 17.8 Å². The van der Waals surface area contributed by atoms with Crippen molar-refractivity contribution in [3.63, 3.8) is 0 Å². The monoisotopic (exact) mass is 455 g/mol. The Morgan fingerprint density at radius 3 is 2.52 bits per heavy atom. The molecule has 6 nitrogen and oxygen atoms in total. The molecule has 1 aliphatic carbocycles. The molecule has 1 aromatic carbocycles. The van der Waals surface area contributed by atoms with Crippen molar-refractivity contribution in [2.75, 3.05) is 53.6 Å². The number of hydrogen-bond donors (Lipinski definition) is 0. The normalized spacial score (nSPS) is 21.3. The summed E-state index contributed by atoms with van der Waals surface area (Å²) in [5.41, 5.74) is 3.17. The van der Waals surface area contributed by atoms with Crippen molar-refractivity contribution < 1.29 is 14.0 Å². The third kappa shape index (κ3) is 6.09. The second-order valence-electron chi connectivity index (χ2n) is 10.9. The number of likely N-dealkylation sites (tertiary alicyclic amines) is 1. The Morgan fingerprint density at radius 2 is 1.79 bits per heavy atom. The number of fused-ring (bicyclic) bond motifs is 1. The van der Waals surface area contributed by atoms with Crippen LogP contribution in [0.3, 0.4) is 0 Å². The van der Waals surface area contributed by atoms with Gasteiger partial charge in [-0.05, 0) is 108 Å². The van der Waals surface area contributed by atoms with E-state index in [1.807, 2.05) is 0 Å². The van der Waals surface area contributed by atoms with Gasteiger partial charge in [0, 0.05) is 31.7 Å². The minimum atomic E-state index is 0.737. The molecule has 3 aliphatic rings. The van der Waals surface area contributed by atoms with Gasteiger partial charge in [0.15, 0.2) is 5.58 Å². The van der Waals surface area contributed by atoms with E-state index in [4.69, 9.17) is 14.0 Å².